The maximum absolute atomic E-state index is 5.94. The van der Waals surface area contributed by atoms with E-state index in [0.29, 0.717) is 29.0 Å². The first-order valence-corrected chi connectivity index (χ1v) is 7.09. The van der Waals surface area contributed by atoms with Gasteiger partial charge in [-0.05, 0) is 30.3 Å². The lowest BCUT2D eigenvalue weighted by atomic mass is 10.2. The largest absolute Gasteiger partial charge is 0.496 e. The van der Waals surface area contributed by atoms with Crippen LogP contribution in [0.25, 0.3) is 11.4 Å². The molecule has 6 heteroatoms. The Morgan fingerprint density at radius 1 is 1.18 bits per heavy atom. The number of methoxy groups -OCH3 is 1. The lowest BCUT2D eigenvalue weighted by Gasteiger charge is -2.03. The van der Waals surface area contributed by atoms with E-state index >= 15 is 0 Å². The zero-order chi connectivity index (χ0) is 15.4. The molecule has 1 heterocycles. The number of ether oxygens (including phenoxy) is 1. The number of hydrogen-bond donors (Lipinski definition) is 1. The summed E-state index contributed by atoms with van der Waals surface area (Å²) in [6, 6.07) is 15.0. The van der Waals surface area contributed by atoms with Crippen LogP contribution in [0.15, 0.2) is 53.1 Å². The molecule has 0 spiro atoms. The number of anilines is 1. The number of hydrogen-bond acceptors (Lipinski definition) is 5. The summed E-state index contributed by atoms with van der Waals surface area (Å²) in [7, 11) is 1.61. The Morgan fingerprint density at radius 3 is 2.86 bits per heavy atom. The van der Waals surface area contributed by atoms with Gasteiger partial charge >= 0.3 is 0 Å². The SMILES string of the molecule is COc1ccccc1-c1noc(CNc2cccc(Cl)c2)n1. The van der Waals surface area contributed by atoms with Crippen LogP contribution in [0.5, 0.6) is 5.75 Å². The summed E-state index contributed by atoms with van der Waals surface area (Å²) >= 11 is 5.94. The third kappa shape index (κ3) is 3.20. The molecular formula is C16H14ClN3O2. The van der Waals surface area contributed by atoms with E-state index < -0.39 is 0 Å². The quantitative estimate of drug-likeness (QED) is 0.770. The Bertz CT molecular complexity index is 773. The Kier molecular flexibility index (Phi) is 4.25. The van der Waals surface area contributed by atoms with Crippen molar-refractivity contribution >= 4 is 17.3 Å². The zero-order valence-electron chi connectivity index (χ0n) is 11.9. The maximum Gasteiger partial charge on any atom is 0.246 e. The van der Waals surface area contributed by atoms with Crippen molar-refractivity contribution in [2.24, 2.45) is 0 Å². The number of aromatic nitrogens is 2. The van der Waals surface area contributed by atoms with Gasteiger partial charge in [0.2, 0.25) is 11.7 Å². The third-order valence-electron chi connectivity index (χ3n) is 3.08. The Balaban J connectivity index is 1.74. The molecule has 3 rings (SSSR count). The Morgan fingerprint density at radius 2 is 2.05 bits per heavy atom. The maximum atomic E-state index is 5.94. The highest BCUT2D eigenvalue weighted by Crippen LogP contribution is 2.27. The third-order valence-corrected chi connectivity index (χ3v) is 3.32. The molecule has 2 aromatic carbocycles. The van der Waals surface area contributed by atoms with Crippen molar-refractivity contribution in [3.8, 4) is 17.1 Å². The van der Waals surface area contributed by atoms with E-state index in [1.54, 1.807) is 7.11 Å². The molecule has 112 valence electrons. The van der Waals surface area contributed by atoms with Crippen molar-refractivity contribution in [3.05, 3.63) is 59.4 Å². The monoisotopic (exact) mass is 315 g/mol. The summed E-state index contributed by atoms with van der Waals surface area (Å²) in [5.41, 5.74) is 1.69. The summed E-state index contributed by atoms with van der Waals surface area (Å²) in [4.78, 5) is 4.37. The molecule has 0 aliphatic heterocycles. The van der Waals surface area contributed by atoms with Crippen LogP contribution >= 0.6 is 11.6 Å². The normalized spacial score (nSPS) is 10.5. The van der Waals surface area contributed by atoms with Gasteiger partial charge < -0.3 is 14.6 Å². The van der Waals surface area contributed by atoms with Crippen molar-refractivity contribution in [3.63, 3.8) is 0 Å². The fraction of sp³-hybridized carbons (Fsp3) is 0.125. The molecule has 0 bridgehead atoms. The van der Waals surface area contributed by atoms with Crippen LogP contribution in [0.4, 0.5) is 5.69 Å². The number of nitrogens with one attached hydrogen (secondary N) is 1. The van der Waals surface area contributed by atoms with Gasteiger partial charge in [0, 0.05) is 10.7 Å². The van der Waals surface area contributed by atoms with E-state index in [4.69, 9.17) is 20.9 Å². The van der Waals surface area contributed by atoms with E-state index in [2.05, 4.69) is 15.5 Å². The van der Waals surface area contributed by atoms with E-state index in [-0.39, 0.29) is 0 Å². The lowest BCUT2D eigenvalue weighted by molar-refractivity contribution is 0.383. The topological polar surface area (TPSA) is 60.2 Å². The predicted octanol–water partition coefficient (Wildman–Crippen LogP) is 4.01. The predicted molar refractivity (Wildman–Crippen MR) is 85.1 cm³/mol. The van der Waals surface area contributed by atoms with Gasteiger partial charge in [0.15, 0.2) is 0 Å². The molecule has 0 aliphatic carbocycles. The van der Waals surface area contributed by atoms with Crippen LogP contribution in [-0.4, -0.2) is 17.3 Å². The van der Waals surface area contributed by atoms with Crippen LogP contribution in [0.3, 0.4) is 0 Å². The minimum Gasteiger partial charge on any atom is -0.496 e. The van der Waals surface area contributed by atoms with Crippen molar-refractivity contribution in [2.75, 3.05) is 12.4 Å². The molecule has 5 nitrogen and oxygen atoms in total. The van der Waals surface area contributed by atoms with Crippen molar-refractivity contribution in [1.82, 2.24) is 10.1 Å². The molecule has 3 aromatic rings. The first kappa shape index (κ1) is 14.4. The van der Waals surface area contributed by atoms with Gasteiger partial charge in [-0.1, -0.05) is 35.0 Å². The highest BCUT2D eigenvalue weighted by molar-refractivity contribution is 6.30. The standard InChI is InChI=1S/C16H14ClN3O2/c1-21-14-8-3-2-7-13(14)16-19-15(22-20-16)10-18-12-6-4-5-11(17)9-12/h2-9,18H,10H2,1H3. The first-order valence-electron chi connectivity index (χ1n) is 6.71. The molecule has 0 fully saturated rings. The molecule has 0 unspecified atom stereocenters. The second-order valence-electron chi connectivity index (χ2n) is 4.58. The average molecular weight is 316 g/mol. The van der Waals surface area contributed by atoms with Gasteiger partial charge in [-0.2, -0.15) is 4.98 Å². The highest BCUT2D eigenvalue weighted by Gasteiger charge is 2.12. The zero-order valence-corrected chi connectivity index (χ0v) is 12.7. The van der Waals surface area contributed by atoms with Crippen LogP contribution in [0.1, 0.15) is 5.89 Å². The molecule has 22 heavy (non-hydrogen) atoms. The fourth-order valence-electron chi connectivity index (χ4n) is 2.04. The molecule has 0 saturated carbocycles. The van der Waals surface area contributed by atoms with E-state index in [1.165, 1.54) is 0 Å². The summed E-state index contributed by atoms with van der Waals surface area (Å²) in [5, 5.41) is 7.85. The number of para-hydroxylation sites is 1. The van der Waals surface area contributed by atoms with Crippen LogP contribution in [0, 0.1) is 0 Å². The minimum absolute atomic E-state index is 0.419. The average Bonchev–Trinajstić information content (AvgIpc) is 3.02. The van der Waals surface area contributed by atoms with Gasteiger partial charge in [0.05, 0.1) is 19.2 Å². The molecule has 1 aromatic heterocycles. The summed E-state index contributed by atoms with van der Waals surface area (Å²) in [5.74, 6) is 1.69. The molecule has 1 N–H and O–H groups in total. The highest BCUT2D eigenvalue weighted by atomic mass is 35.5. The molecule has 0 aliphatic rings. The van der Waals surface area contributed by atoms with Crippen LogP contribution in [-0.2, 0) is 6.54 Å². The molecule has 0 atom stereocenters. The second kappa shape index (κ2) is 6.49. The minimum atomic E-state index is 0.419. The second-order valence-corrected chi connectivity index (χ2v) is 5.01. The number of benzene rings is 2. The summed E-state index contributed by atoms with van der Waals surface area (Å²) in [6.07, 6.45) is 0. The van der Waals surface area contributed by atoms with Gasteiger partial charge in [0.25, 0.3) is 0 Å². The van der Waals surface area contributed by atoms with Crippen molar-refractivity contribution in [2.45, 2.75) is 6.54 Å². The fourth-order valence-corrected chi connectivity index (χ4v) is 2.23. The molecular weight excluding hydrogens is 302 g/mol. The smallest absolute Gasteiger partial charge is 0.246 e. The Hall–Kier alpha value is -2.53. The van der Waals surface area contributed by atoms with Crippen molar-refractivity contribution < 1.29 is 9.26 Å². The molecule has 0 amide bonds. The number of rotatable bonds is 5. The molecule has 0 saturated heterocycles. The van der Waals surface area contributed by atoms with Crippen molar-refractivity contribution in [1.29, 1.82) is 0 Å². The first-order chi connectivity index (χ1) is 10.8. The van der Waals surface area contributed by atoms with Gasteiger partial charge in [-0.25, -0.2) is 0 Å². The van der Waals surface area contributed by atoms with Gasteiger partial charge in [0.1, 0.15) is 5.75 Å². The Labute approximate surface area is 132 Å². The van der Waals surface area contributed by atoms with E-state index in [9.17, 15) is 0 Å². The number of halogens is 1. The van der Waals surface area contributed by atoms with Crippen LogP contribution in [0.2, 0.25) is 5.02 Å². The van der Waals surface area contributed by atoms with E-state index in [0.717, 1.165) is 11.3 Å². The van der Waals surface area contributed by atoms with Crippen LogP contribution < -0.4 is 10.1 Å². The summed E-state index contributed by atoms with van der Waals surface area (Å²) < 4.78 is 10.6. The van der Waals surface area contributed by atoms with E-state index in [1.807, 2.05) is 48.5 Å². The van der Waals surface area contributed by atoms with Gasteiger partial charge in [-0.15, -0.1) is 0 Å². The van der Waals surface area contributed by atoms with Gasteiger partial charge in [-0.3, -0.25) is 0 Å². The lowest BCUT2D eigenvalue weighted by Crippen LogP contribution is -1.99. The molecule has 0 radical (unpaired) electrons. The number of nitrogens with zero attached hydrogens (tertiary/aromatic N) is 2. The summed E-state index contributed by atoms with van der Waals surface area (Å²) in [6.45, 7) is 0.419.